The van der Waals surface area contributed by atoms with Crippen LogP contribution in [0.2, 0.25) is 0 Å². The van der Waals surface area contributed by atoms with Gasteiger partial charge in [-0.05, 0) is 29.3 Å². The molecule has 0 aliphatic rings. The smallest absolute Gasteiger partial charge is 0.0271 e. The van der Waals surface area contributed by atoms with Gasteiger partial charge in [0.05, 0.1) is 0 Å². The minimum Gasteiger partial charge on any atom is -0.309 e. The highest BCUT2D eigenvalue weighted by Crippen LogP contribution is 1.99. The van der Waals surface area contributed by atoms with E-state index >= 15 is 0 Å². The molecule has 0 unspecified atom stereocenters. The Morgan fingerprint density at radius 2 is 1.53 bits per heavy atom. The zero-order valence-electron chi connectivity index (χ0n) is 8.48. The topological polar surface area (TPSA) is 24.9 Å². The third-order valence-corrected chi connectivity index (χ3v) is 2.19. The SMILES string of the molecule is [c]1ccc(CNCc2ccncc2)cc1. The van der Waals surface area contributed by atoms with Crippen LogP contribution in [0.25, 0.3) is 0 Å². The van der Waals surface area contributed by atoms with E-state index < -0.39 is 0 Å². The summed E-state index contributed by atoms with van der Waals surface area (Å²) >= 11 is 0. The van der Waals surface area contributed by atoms with E-state index in [4.69, 9.17) is 0 Å². The highest BCUT2D eigenvalue weighted by Gasteiger charge is 1.92. The van der Waals surface area contributed by atoms with Gasteiger partial charge in [-0.15, -0.1) is 0 Å². The van der Waals surface area contributed by atoms with E-state index in [9.17, 15) is 0 Å². The Labute approximate surface area is 90.0 Å². The minimum atomic E-state index is 0.876. The molecule has 0 spiro atoms. The molecule has 2 aromatic rings. The van der Waals surface area contributed by atoms with Gasteiger partial charge >= 0.3 is 0 Å². The van der Waals surface area contributed by atoms with Crippen LogP contribution < -0.4 is 5.32 Å². The second kappa shape index (κ2) is 5.27. The van der Waals surface area contributed by atoms with E-state index in [1.54, 1.807) is 0 Å². The number of hydrogen-bond donors (Lipinski definition) is 1. The Morgan fingerprint density at radius 3 is 2.20 bits per heavy atom. The maximum atomic E-state index is 3.98. The molecule has 0 aliphatic carbocycles. The summed E-state index contributed by atoms with van der Waals surface area (Å²) in [7, 11) is 0. The maximum absolute atomic E-state index is 3.98. The monoisotopic (exact) mass is 197 g/mol. The van der Waals surface area contributed by atoms with Crippen LogP contribution in [-0.4, -0.2) is 4.98 Å². The first-order valence-corrected chi connectivity index (χ1v) is 5.00. The molecule has 75 valence electrons. The average molecular weight is 197 g/mol. The molecule has 0 bridgehead atoms. The molecular formula is C13H13N2. The summed E-state index contributed by atoms with van der Waals surface area (Å²) in [6.07, 6.45) is 3.63. The van der Waals surface area contributed by atoms with Crippen molar-refractivity contribution < 1.29 is 0 Å². The lowest BCUT2D eigenvalue weighted by Crippen LogP contribution is -2.12. The summed E-state index contributed by atoms with van der Waals surface area (Å²) < 4.78 is 0. The number of nitrogens with zero attached hydrogens (tertiary/aromatic N) is 1. The Balaban J connectivity index is 1.81. The highest BCUT2D eigenvalue weighted by molar-refractivity contribution is 5.14. The van der Waals surface area contributed by atoms with Crippen molar-refractivity contribution in [2.45, 2.75) is 13.1 Å². The molecule has 0 amide bonds. The van der Waals surface area contributed by atoms with E-state index in [-0.39, 0.29) is 0 Å². The van der Waals surface area contributed by atoms with Gasteiger partial charge in [-0.3, -0.25) is 4.98 Å². The Bertz CT molecular complexity index is 344. The summed E-state index contributed by atoms with van der Waals surface area (Å²) in [5, 5.41) is 3.38. The van der Waals surface area contributed by atoms with Crippen LogP contribution in [0, 0.1) is 6.07 Å². The number of benzene rings is 1. The van der Waals surface area contributed by atoms with E-state index in [1.807, 2.05) is 36.7 Å². The third-order valence-electron chi connectivity index (χ3n) is 2.19. The number of aromatic nitrogens is 1. The van der Waals surface area contributed by atoms with Gasteiger partial charge in [0, 0.05) is 25.5 Å². The first-order valence-electron chi connectivity index (χ1n) is 5.00. The van der Waals surface area contributed by atoms with E-state index in [0.717, 1.165) is 13.1 Å². The van der Waals surface area contributed by atoms with Crippen molar-refractivity contribution >= 4 is 0 Å². The second-order valence-electron chi connectivity index (χ2n) is 3.37. The quantitative estimate of drug-likeness (QED) is 0.812. The van der Waals surface area contributed by atoms with Crippen molar-refractivity contribution in [3.05, 3.63) is 66.0 Å². The molecular weight excluding hydrogens is 184 g/mol. The third kappa shape index (κ3) is 3.18. The van der Waals surface area contributed by atoms with Gasteiger partial charge in [-0.1, -0.05) is 24.3 Å². The summed E-state index contributed by atoms with van der Waals surface area (Å²) in [5.74, 6) is 0. The zero-order valence-corrected chi connectivity index (χ0v) is 8.48. The van der Waals surface area contributed by atoms with Crippen LogP contribution >= 0.6 is 0 Å². The molecule has 2 heteroatoms. The van der Waals surface area contributed by atoms with Crippen molar-refractivity contribution in [1.82, 2.24) is 10.3 Å². The second-order valence-corrected chi connectivity index (χ2v) is 3.37. The lowest BCUT2D eigenvalue weighted by molar-refractivity contribution is 0.692. The molecule has 0 saturated carbocycles. The molecule has 0 atom stereocenters. The van der Waals surface area contributed by atoms with E-state index in [2.05, 4.69) is 28.5 Å². The molecule has 0 aliphatic heterocycles. The van der Waals surface area contributed by atoms with Gasteiger partial charge in [0.25, 0.3) is 0 Å². The molecule has 1 aromatic heterocycles. The van der Waals surface area contributed by atoms with Crippen LogP contribution in [-0.2, 0) is 13.1 Å². The fourth-order valence-electron chi connectivity index (χ4n) is 1.39. The van der Waals surface area contributed by atoms with Gasteiger partial charge in [-0.25, -0.2) is 0 Å². The molecule has 0 saturated heterocycles. The molecule has 1 heterocycles. The molecule has 1 radical (unpaired) electrons. The largest absolute Gasteiger partial charge is 0.309 e. The predicted molar refractivity (Wildman–Crippen MR) is 60.1 cm³/mol. The van der Waals surface area contributed by atoms with Crippen LogP contribution in [0.4, 0.5) is 0 Å². The van der Waals surface area contributed by atoms with Crippen molar-refractivity contribution in [2.75, 3.05) is 0 Å². The molecule has 0 fully saturated rings. The molecule has 2 nitrogen and oxygen atoms in total. The van der Waals surface area contributed by atoms with Crippen molar-refractivity contribution in [2.24, 2.45) is 0 Å². The predicted octanol–water partition coefficient (Wildman–Crippen LogP) is 2.17. The first-order chi connectivity index (χ1) is 7.45. The molecule has 15 heavy (non-hydrogen) atoms. The van der Waals surface area contributed by atoms with Gasteiger partial charge < -0.3 is 5.32 Å². The van der Waals surface area contributed by atoms with Crippen molar-refractivity contribution in [3.8, 4) is 0 Å². The Hall–Kier alpha value is -1.67. The van der Waals surface area contributed by atoms with Crippen LogP contribution in [0.15, 0.2) is 48.8 Å². The van der Waals surface area contributed by atoms with Gasteiger partial charge in [0.15, 0.2) is 0 Å². The van der Waals surface area contributed by atoms with Gasteiger partial charge in [-0.2, -0.15) is 0 Å². The van der Waals surface area contributed by atoms with Crippen molar-refractivity contribution in [1.29, 1.82) is 0 Å². The Kier molecular flexibility index (Phi) is 3.47. The molecule has 2 rings (SSSR count). The Morgan fingerprint density at radius 1 is 0.933 bits per heavy atom. The van der Waals surface area contributed by atoms with Crippen LogP contribution in [0.5, 0.6) is 0 Å². The number of pyridine rings is 1. The van der Waals surface area contributed by atoms with E-state index in [1.165, 1.54) is 11.1 Å². The first kappa shape index (κ1) is 9.87. The number of hydrogen-bond acceptors (Lipinski definition) is 2. The minimum absolute atomic E-state index is 0.876. The normalized spacial score (nSPS) is 10.1. The molecule has 1 N–H and O–H groups in total. The van der Waals surface area contributed by atoms with Gasteiger partial charge in [0.1, 0.15) is 0 Å². The zero-order chi connectivity index (χ0) is 10.3. The summed E-state index contributed by atoms with van der Waals surface area (Å²) in [5.41, 5.74) is 2.54. The summed E-state index contributed by atoms with van der Waals surface area (Å²) in [6, 6.07) is 15.1. The average Bonchev–Trinajstić information content (AvgIpc) is 2.32. The lowest BCUT2D eigenvalue weighted by Gasteiger charge is -2.04. The maximum Gasteiger partial charge on any atom is 0.0271 e. The van der Waals surface area contributed by atoms with E-state index in [0.29, 0.717) is 0 Å². The highest BCUT2D eigenvalue weighted by atomic mass is 14.8. The molecule has 1 aromatic carbocycles. The summed E-state index contributed by atoms with van der Waals surface area (Å²) in [6.45, 7) is 1.76. The summed E-state index contributed by atoms with van der Waals surface area (Å²) in [4.78, 5) is 3.98. The van der Waals surface area contributed by atoms with Gasteiger partial charge in [0.2, 0.25) is 0 Å². The van der Waals surface area contributed by atoms with Crippen LogP contribution in [0.3, 0.4) is 0 Å². The fourth-order valence-corrected chi connectivity index (χ4v) is 1.39. The standard InChI is InChI=1S/C13H13N2/c1-2-4-12(5-3-1)10-15-11-13-6-8-14-9-7-13/h2-9,15H,10-11H2. The lowest BCUT2D eigenvalue weighted by atomic mass is 10.2. The number of rotatable bonds is 4. The van der Waals surface area contributed by atoms with Crippen molar-refractivity contribution in [3.63, 3.8) is 0 Å². The fraction of sp³-hybridized carbons (Fsp3) is 0.154. The number of nitrogens with one attached hydrogen (secondary N) is 1. The van der Waals surface area contributed by atoms with Crippen LogP contribution in [0.1, 0.15) is 11.1 Å².